The van der Waals surface area contributed by atoms with Gasteiger partial charge in [0.05, 0.1) is 6.54 Å². The third kappa shape index (κ3) is 4.17. The molecule has 106 valence electrons. The van der Waals surface area contributed by atoms with Crippen LogP contribution in [-0.4, -0.2) is 27.2 Å². The Morgan fingerprint density at radius 1 is 1.35 bits per heavy atom. The molecule has 1 aromatic carbocycles. The highest BCUT2D eigenvalue weighted by Gasteiger charge is 2.06. The van der Waals surface area contributed by atoms with Crippen LogP contribution in [0.3, 0.4) is 0 Å². The molecule has 0 saturated heterocycles. The van der Waals surface area contributed by atoms with E-state index in [0.717, 1.165) is 24.3 Å². The first-order valence-electron chi connectivity index (χ1n) is 6.70. The van der Waals surface area contributed by atoms with E-state index in [0.29, 0.717) is 13.0 Å². The minimum absolute atomic E-state index is 0.0237. The van der Waals surface area contributed by atoms with Gasteiger partial charge in [0, 0.05) is 18.7 Å². The van der Waals surface area contributed by atoms with Crippen LogP contribution in [0.5, 0.6) is 0 Å². The average Bonchev–Trinajstić information content (AvgIpc) is 2.97. The van der Waals surface area contributed by atoms with Gasteiger partial charge in [-0.05, 0) is 18.2 Å². The summed E-state index contributed by atoms with van der Waals surface area (Å²) in [6, 6.07) is 7.82. The minimum atomic E-state index is -0.0237. The van der Waals surface area contributed by atoms with Crippen LogP contribution in [-0.2, 0) is 17.9 Å². The molecule has 2 rings (SSSR count). The summed E-state index contributed by atoms with van der Waals surface area (Å²) in [6.07, 6.45) is 3.44. The van der Waals surface area contributed by atoms with Gasteiger partial charge in [-0.25, -0.2) is 4.98 Å². The maximum atomic E-state index is 11.9. The predicted molar refractivity (Wildman–Crippen MR) is 77.1 cm³/mol. The first-order chi connectivity index (χ1) is 9.79. The maximum Gasteiger partial charge on any atom is 0.226 e. The molecule has 0 fully saturated rings. The molecule has 0 aliphatic rings. The van der Waals surface area contributed by atoms with Gasteiger partial charge in [-0.1, -0.05) is 25.1 Å². The number of hydrogen-bond donors (Lipinski definition) is 2. The van der Waals surface area contributed by atoms with Crippen molar-refractivity contribution in [1.82, 2.24) is 20.1 Å². The Bertz CT molecular complexity index is 538. The van der Waals surface area contributed by atoms with Crippen molar-refractivity contribution < 1.29 is 4.79 Å². The molecule has 0 radical (unpaired) electrons. The smallest absolute Gasteiger partial charge is 0.226 e. The Kier molecular flexibility index (Phi) is 5.25. The fraction of sp³-hybridized carbons (Fsp3) is 0.357. The number of rotatable bonds is 7. The van der Waals surface area contributed by atoms with Gasteiger partial charge in [-0.2, -0.15) is 5.10 Å². The highest BCUT2D eigenvalue weighted by Crippen LogP contribution is 2.15. The highest BCUT2D eigenvalue weighted by molar-refractivity contribution is 5.91. The minimum Gasteiger partial charge on any atom is -0.326 e. The first kappa shape index (κ1) is 14.2. The van der Waals surface area contributed by atoms with Gasteiger partial charge in [0.1, 0.15) is 12.7 Å². The van der Waals surface area contributed by atoms with E-state index in [4.69, 9.17) is 0 Å². The summed E-state index contributed by atoms with van der Waals surface area (Å²) in [4.78, 5) is 15.8. The van der Waals surface area contributed by atoms with E-state index >= 15 is 0 Å². The highest BCUT2D eigenvalue weighted by atomic mass is 16.1. The van der Waals surface area contributed by atoms with Gasteiger partial charge >= 0.3 is 0 Å². The predicted octanol–water partition coefficient (Wildman–Crippen LogP) is 1.42. The summed E-state index contributed by atoms with van der Waals surface area (Å²) in [5, 5.41) is 10.2. The molecule has 0 unspecified atom stereocenters. The van der Waals surface area contributed by atoms with Crippen LogP contribution < -0.4 is 10.6 Å². The number of nitrogens with zero attached hydrogens (tertiary/aromatic N) is 3. The Morgan fingerprint density at radius 3 is 2.95 bits per heavy atom. The third-order valence-corrected chi connectivity index (χ3v) is 2.89. The van der Waals surface area contributed by atoms with Crippen molar-refractivity contribution in [3.8, 4) is 0 Å². The van der Waals surface area contributed by atoms with Crippen molar-refractivity contribution in [2.75, 3.05) is 11.9 Å². The van der Waals surface area contributed by atoms with E-state index < -0.39 is 0 Å². The summed E-state index contributed by atoms with van der Waals surface area (Å²) >= 11 is 0. The monoisotopic (exact) mass is 273 g/mol. The van der Waals surface area contributed by atoms with Crippen LogP contribution in [0.2, 0.25) is 0 Å². The molecule has 0 aliphatic carbocycles. The molecular weight excluding hydrogens is 254 g/mol. The van der Waals surface area contributed by atoms with Crippen molar-refractivity contribution in [2.45, 2.75) is 26.4 Å². The second-order valence-electron chi connectivity index (χ2n) is 4.39. The van der Waals surface area contributed by atoms with Gasteiger partial charge in [0.25, 0.3) is 0 Å². The number of carbonyl (C=O) groups excluding carboxylic acids is 1. The van der Waals surface area contributed by atoms with E-state index in [1.54, 1.807) is 11.0 Å². The second-order valence-corrected chi connectivity index (χ2v) is 4.39. The van der Waals surface area contributed by atoms with E-state index in [1.807, 2.05) is 24.3 Å². The van der Waals surface area contributed by atoms with Crippen LogP contribution in [0.1, 0.15) is 18.9 Å². The quantitative estimate of drug-likeness (QED) is 0.800. The third-order valence-electron chi connectivity index (χ3n) is 2.89. The first-order valence-corrected chi connectivity index (χ1v) is 6.70. The van der Waals surface area contributed by atoms with Crippen molar-refractivity contribution in [2.24, 2.45) is 0 Å². The fourth-order valence-corrected chi connectivity index (χ4v) is 1.83. The fourth-order valence-electron chi connectivity index (χ4n) is 1.83. The molecular formula is C14H19N5O. The van der Waals surface area contributed by atoms with Gasteiger partial charge in [-0.3, -0.25) is 9.48 Å². The largest absolute Gasteiger partial charge is 0.326 e. The van der Waals surface area contributed by atoms with Gasteiger partial charge in [0.15, 0.2) is 0 Å². The van der Waals surface area contributed by atoms with E-state index in [2.05, 4.69) is 27.6 Å². The molecule has 0 saturated carbocycles. The van der Waals surface area contributed by atoms with Crippen molar-refractivity contribution in [3.63, 3.8) is 0 Å². The molecule has 1 amide bonds. The molecule has 2 N–H and O–H groups in total. The Hall–Kier alpha value is -2.21. The zero-order chi connectivity index (χ0) is 14.2. The SMILES string of the molecule is CCNCc1ccccc1NC(=O)CCn1cncn1. The number of aromatic nitrogens is 3. The van der Waals surface area contributed by atoms with Crippen LogP contribution in [0, 0.1) is 0 Å². The number of carbonyl (C=O) groups is 1. The molecule has 6 heteroatoms. The van der Waals surface area contributed by atoms with Crippen molar-refractivity contribution >= 4 is 11.6 Å². The van der Waals surface area contributed by atoms with Gasteiger partial charge in [-0.15, -0.1) is 0 Å². The molecule has 0 aliphatic heterocycles. The Morgan fingerprint density at radius 2 is 2.20 bits per heavy atom. The standard InChI is InChI=1S/C14H19N5O/c1-2-15-9-12-5-3-4-6-13(12)18-14(20)7-8-19-11-16-10-17-19/h3-6,10-11,15H,2,7-9H2,1H3,(H,18,20). The lowest BCUT2D eigenvalue weighted by Gasteiger charge is -2.11. The Labute approximate surface area is 118 Å². The molecule has 20 heavy (non-hydrogen) atoms. The number of anilines is 1. The number of aryl methyl sites for hydroxylation is 1. The molecule has 2 aromatic rings. The van der Waals surface area contributed by atoms with Crippen LogP contribution >= 0.6 is 0 Å². The molecule has 1 aromatic heterocycles. The zero-order valence-corrected chi connectivity index (χ0v) is 11.5. The summed E-state index contributed by atoms with van der Waals surface area (Å²) in [7, 11) is 0. The van der Waals surface area contributed by atoms with Crippen LogP contribution in [0.15, 0.2) is 36.9 Å². The normalized spacial score (nSPS) is 10.4. The number of para-hydroxylation sites is 1. The van der Waals surface area contributed by atoms with E-state index in [-0.39, 0.29) is 5.91 Å². The average molecular weight is 273 g/mol. The Balaban J connectivity index is 1.90. The number of nitrogens with one attached hydrogen (secondary N) is 2. The van der Waals surface area contributed by atoms with Crippen LogP contribution in [0.4, 0.5) is 5.69 Å². The van der Waals surface area contributed by atoms with Crippen molar-refractivity contribution in [3.05, 3.63) is 42.5 Å². The number of benzene rings is 1. The van der Waals surface area contributed by atoms with Gasteiger partial charge in [0.2, 0.25) is 5.91 Å². The lowest BCUT2D eigenvalue weighted by atomic mass is 10.1. The number of hydrogen-bond acceptors (Lipinski definition) is 4. The molecule has 0 atom stereocenters. The molecule has 0 spiro atoms. The molecule has 6 nitrogen and oxygen atoms in total. The molecule has 0 bridgehead atoms. The summed E-state index contributed by atoms with van der Waals surface area (Å²) in [6.45, 7) is 4.23. The zero-order valence-electron chi connectivity index (χ0n) is 11.5. The number of amides is 1. The lowest BCUT2D eigenvalue weighted by molar-refractivity contribution is -0.116. The van der Waals surface area contributed by atoms with E-state index in [9.17, 15) is 4.79 Å². The summed E-state index contributed by atoms with van der Waals surface area (Å²) in [5.41, 5.74) is 1.94. The van der Waals surface area contributed by atoms with E-state index in [1.165, 1.54) is 6.33 Å². The second kappa shape index (κ2) is 7.40. The van der Waals surface area contributed by atoms with Gasteiger partial charge < -0.3 is 10.6 Å². The van der Waals surface area contributed by atoms with Crippen molar-refractivity contribution in [1.29, 1.82) is 0 Å². The maximum absolute atomic E-state index is 11.9. The topological polar surface area (TPSA) is 71.8 Å². The summed E-state index contributed by atoms with van der Waals surface area (Å²) < 4.78 is 1.64. The summed E-state index contributed by atoms with van der Waals surface area (Å²) in [5.74, 6) is -0.0237. The molecule has 1 heterocycles. The van der Waals surface area contributed by atoms with Crippen LogP contribution in [0.25, 0.3) is 0 Å². The lowest BCUT2D eigenvalue weighted by Crippen LogP contribution is -2.18.